The Kier molecular flexibility index (Phi) is 2.44. The number of fused-ring (bicyclic) bond motifs is 1. The summed E-state index contributed by atoms with van der Waals surface area (Å²) >= 11 is 0. The zero-order valence-electron chi connectivity index (χ0n) is 9.67. The summed E-state index contributed by atoms with van der Waals surface area (Å²) in [5.41, 5.74) is 0.883. The maximum atomic E-state index is 9.82. The van der Waals surface area contributed by atoms with Crippen LogP contribution in [0.2, 0.25) is 0 Å². The average molecular weight is 233 g/mol. The van der Waals surface area contributed by atoms with Crippen molar-refractivity contribution in [2.75, 3.05) is 11.9 Å². The first-order valence-corrected chi connectivity index (χ1v) is 5.83. The van der Waals surface area contributed by atoms with Gasteiger partial charge in [-0.05, 0) is 25.7 Å². The van der Waals surface area contributed by atoms with E-state index in [4.69, 9.17) is 0 Å². The summed E-state index contributed by atoms with van der Waals surface area (Å²) in [4.78, 5) is 8.31. The van der Waals surface area contributed by atoms with Gasteiger partial charge in [0.15, 0.2) is 0 Å². The number of anilines is 1. The Labute approximate surface area is 98.7 Å². The van der Waals surface area contributed by atoms with Crippen molar-refractivity contribution in [3.05, 3.63) is 18.1 Å². The molecule has 0 amide bonds. The zero-order chi connectivity index (χ0) is 11.8. The maximum Gasteiger partial charge on any atom is 0.254 e. The fourth-order valence-corrected chi connectivity index (χ4v) is 1.91. The second-order valence-corrected chi connectivity index (χ2v) is 4.54. The lowest BCUT2D eigenvalue weighted by molar-refractivity contribution is 0.164. The summed E-state index contributed by atoms with van der Waals surface area (Å²) in [5.74, 6) is 1.87. The number of nitrogens with zero attached hydrogens (tertiary/aromatic N) is 4. The lowest BCUT2D eigenvalue weighted by atomic mass is 10.2. The molecule has 6 heteroatoms. The number of hydrogen-bond acceptors (Lipinski definition) is 5. The molecule has 2 aromatic rings. The molecule has 0 bridgehead atoms. The topological polar surface area (TPSA) is 75.3 Å². The van der Waals surface area contributed by atoms with Crippen molar-refractivity contribution in [1.29, 1.82) is 0 Å². The van der Waals surface area contributed by atoms with Gasteiger partial charge < -0.3 is 10.4 Å². The summed E-state index contributed by atoms with van der Waals surface area (Å²) in [5, 5.41) is 17.1. The van der Waals surface area contributed by atoms with E-state index in [0.29, 0.717) is 18.2 Å². The average Bonchev–Trinajstić information content (AvgIpc) is 3.05. The van der Waals surface area contributed by atoms with Crippen molar-refractivity contribution in [3.8, 4) is 0 Å². The smallest absolute Gasteiger partial charge is 0.254 e. The van der Waals surface area contributed by atoms with Gasteiger partial charge in [-0.1, -0.05) is 0 Å². The summed E-state index contributed by atoms with van der Waals surface area (Å²) in [6.45, 7) is 2.46. The van der Waals surface area contributed by atoms with Crippen LogP contribution >= 0.6 is 0 Å². The third kappa shape index (κ3) is 2.08. The van der Waals surface area contributed by atoms with Crippen LogP contribution in [0.25, 0.3) is 5.78 Å². The van der Waals surface area contributed by atoms with Crippen molar-refractivity contribution in [2.45, 2.75) is 25.9 Å². The van der Waals surface area contributed by atoms with Crippen molar-refractivity contribution in [1.82, 2.24) is 19.6 Å². The van der Waals surface area contributed by atoms with Crippen LogP contribution in [0.15, 0.2) is 12.4 Å². The van der Waals surface area contributed by atoms with E-state index in [2.05, 4.69) is 20.4 Å². The third-order valence-corrected chi connectivity index (χ3v) is 3.04. The number of aliphatic hydroxyl groups excluding tert-OH is 1. The number of nitrogens with one attached hydrogen (secondary N) is 1. The molecule has 6 nitrogen and oxygen atoms in total. The summed E-state index contributed by atoms with van der Waals surface area (Å²) in [6, 6.07) is 1.90. The zero-order valence-corrected chi connectivity index (χ0v) is 9.67. The molecule has 0 aromatic carbocycles. The number of aliphatic hydroxyl groups is 1. The number of hydrogen-bond donors (Lipinski definition) is 2. The molecule has 0 spiro atoms. The van der Waals surface area contributed by atoms with Gasteiger partial charge in [0.25, 0.3) is 5.78 Å². The Balaban J connectivity index is 1.80. The predicted octanol–water partition coefficient (Wildman–Crippen LogP) is 0.616. The minimum atomic E-state index is -0.276. The summed E-state index contributed by atoms with van der Waals surface area (Å²) < 4.78 is 1.65. The predicted molar refractivity (Wildman–Crippen MR) is 62.7 cm³/mol. The van der Waals surface area contributed by atoms with Gasteiger partial charge in [0, 0.05) is 18.3 Å². The van der Waals surface area contributed by atoms with Crippen molar-refractivity contribution in [2.24, 2.45) is 5.92 Å². The molecule has 1 aliphatic rings. The van der Waals surface area contributed by atoms with Crippen LogP contribution in [0, 0.1) is 12.8 Å². The molecule has 1 atom stereocenters. The molecule has 2 N–H and O–H groups in total. The van der Waals surface area contributed by atoms with Crippen LogP contribution < -0.4 is 5.32 Å². The van der Waals surface area contributed by atoms with E-state index in [1.54, 1.807) is 4.52 Å². The van der Waals surface area contributed by atoms with Crippen molar-refractivity contribution >= 4 is 11.6 Å². The van der Waals surface area contributed by atoms with E-state index >= 15 is 0 Å². The molecular formula is C11H15N5O. The minimum absolute atomic E-state index is 0.276. The normalized spacial score (nSPS) is 17.3. The van der Waals surface area contributed by atoms with E-state index < -0.39 is 0 Å². The Morgan fingerprint density at radius 2 is 2.41 bits per heavy atom. The standard InChI is InChI=1S/C11H15N5O/c1-7-4-10(12-5-9(17)8-2-3-8)16-11(15-7)13-6-14-16/h4,6,8-9,12,17H,2-3,5H2,1H3. The van der Waals surface area contributed by atoms with Gasteiger partial charge in [-0.2, -0.15) is 14.6 Å². The molecular weight excluding hydrogens is 218 g/mol. The van der Waals surface area contributed by atoms with Gasteiger partial charge in [-0.25, -0.2) is 4.98 Å². The first kappa shape index (κ1) is 10.5. The Bertz CT molecular complexity index is 534. The molecule has 2 heterocycles. The molecule has 1 fully saturated rings. The van der Waals surface area contributed by atoms with E-state index in [1.165, 1.54) is 6.33 Å². The Morgan fingerprint density at radius 3 is 3.18 bits per heavy atom. The summed E-state index contributed by atoms with van der Waals surface area (Å²) in [6.07, 6.45) is 3.47. The molecule has 90 valence electrons. The lowest BCUT2D eigenvalue weighted by Gasteiger charge is -2.12. The lowest BCUT2D eigenvalue weighted by Crippen LogP contribution is -2.22. The second-order valence-electron chi connectivity index (χ2n) is 4.54. The molecule has 17 heavy (non-hydrogen) atoms. The molecule has 1 unspecified atom stereocenters. The molecule has 1 saturated carbocycles. The highest BCUT2D eigenvalue weighted by molar-refractivity contribution is 5.44. The van der Waals surface area contributed by atoms with Crippen LogP contribution in [0.3, 0.4) is 0 Å². The van der Waals surface area contributed by atoms with E-state index in [-0.39, 0.29) is 6.10 Å². The highest BCUT2D eigenvalue weighted by atomic mass is 16.3. The molecule has 1 aliphatic carbocycles. The molecule has 0 aliphatic heterocycles. The highest BCUT2D eigenvalue weighted by Crippen LogP contribution is 2.32. The second kappa shape index (κ2) is 3.96. The first-order chi connectivity index (χ1) is 8.24. The fraction of sp³-hybridized carbons (Fsp3) is 0.545. The van der Waals surface area contributed by atoms with Crippen LogP contribution in [-0.2, 0) is 0 Å². The number of aromatic nitrogens is 4. The van der Waals surface area contributed by atoms with E-state index in [0.717, 1.165) is 24.4 Å². The largest absolute Gasteiger partial charge is 0.391 e. The monoisotopic (exact) mass is 233 g/mol. The van der Waals surface area contributed by atoms with Gasteiger partial charge in [-0.3, -0.25) is 0 Å². The SMILES string of the molecule is Cc1cc(NCC(O)C2CC2)n2ncnc2n1. The Hall–Kier alpha value is -1.69. The number of rotatable bonds is 4. The van der Waals surface area contributed by atoms with Crippen molar-refractivity contribution < 1.29 is 5.11 Å². The minimum Gasteiger partial charge on any atom is -0.391 e. The highest BCUT2D eigenvalue weighted by Gasteiger charge is 2.29. The van der Waals surface area contributed by atoms with Crippen LogP contribution in [0.5, 0.6) is 0 Å². The molecule has 2 aromatic heterocycles. The van der Waals surface area contributed by atoms with E-state index in [9.17, 15) is 5.11 Å². The van der Waals surface area contributed by atoms with E-state index in [1.807, 2.05) is 13.0 Å². The molecule has 3 rings (SSSR count). The first-order valence-electron chi connectivity index (χ1n) is 5.83. The number of aryl methyl sites for hydroxylation is 1. The van der Waals surface area contributed by atoms with Gasteiger partial charge >= 0.3 is 0 Å². The van der Waals surface area contributed by atoms with Crippen LogP contribution in [0.4, 0.5) is 5.82 Å². The Morgan fingerprint density at radius 1 is 1.59 bits per heavy atom. The third-order valence-electron chi connectivity index (χ3n) is 3.04. The van der Waals surface area contributed by atoms with Gasteiger partial charge in [0.1, 0.15) is 12.1 Å². The van der Waals surface area contributed by atoms with Gasteiger partial charge in [0.2, 0.25) is 0 Å². The molecule has 0 radical (unpaired) electrons. The quantitative estimate of drug-likeness (QED) is 0.809. The summed E-state index contributed by atoms with van der Waals surface area (Å²) in [7, 11) is 0. The molecule has 0 saturated heterocycles. The van der Waals surface area contributed by atoms with Gasteiger partial charge in [0.05, 0.1) is 6.10 Å². The maximum absolute atomic E-state index is 9.82. The van der Waals surface area contributed by atoms with Crippen LogP contribution in [0.1, 0.15) is 18.5 Å². The van der Waals surface area contributed by atoms with Crippen LogP contribution in [-0.4, -0.2) is 37.3 Å². The van der Waals surface area contributed by atoms with Crippen molar-refractivity contribution in [3.63, 3.8) is 0 Å². The van der Waals surface area contributed by atoms with Gasteiger partial charge in [-0.15, -0.1) is 0 Å². The fourth-order valence-electron chi connectivity index (χ4n) is 1.91.